The molecule has 0 heterocycles. The summed E-state index contributed by atoms with van der Waals surface area (Å²) in [6.45, 7) is 0. The minimum Gasteiger partial charge on any atom is -0.383 e. The van der Waals surface area contributed by atoms with E-state index in [4.69, 9.17) is 11.6 Å². The van der Waals surface area contributed by atoms with Crippen LogP contribution in [0, 0.1) is 17.5 Å². The SMILES string of the molecule is OC(c1cc(F)c(Cl)cc1F)c1cccc(Br)c1F. The maximum atomic E-state index is 13.8. The molecule has 0 saturated heterocycles. The minimum atomic E-state index is -1.62. The third-order valence-corrected chi connectivity index (χ3v) is 3.51. The van der Waals surface area contributed by atoms with Crippen LogP contribution in [0.1, 0.15) is 17.2 Å². The predicted molar refractivity (Wildman–Crippen MR) is 69.5 cm³/mol. The molecule has 2 aromatic rings. The van der Waals surface area contributed by atoms with Crippen LogP contribution in [0.25, 0.3) is 0 Å². The molecule has 0 amide bonds. The van der Waals surface area contributed by atoms with Crippen LogP contribution in [-0.2, 0) is 0 Å². The fourth-order valence-corrected chi connectivity index (χ4v) is 2.18. The van der Waals surface area contributed by atoms with Gasteiger partial charge in [0.15, 0.2) is 0 Å². The normalized spacial score (nSPS) is 12.5. The molecule has 0 saturated carbocycles. The molecule has 1 nitrogen and oxygen atoms in total. The fourth-order valence-electron chi connectivity index (χ4n) is 1.65. The molecule has 2 rings (SSSR count). The first-order valence-electron chi connectivity index (χ1n) is 5.18. The van der Waals surface area contributed by atoms with Crippen molar-refractivity contribution >= 4 is 27.5 Å². The number of benzene rings is 2. The summed E-state index contributed by atoms with van der Waals surface area (Å²) < 4.78 is 40.9. The lowest BCUT2D eigenvalue weighted by Crippen LogP contribution is -2.06. The van der Waals surface area contributed by atoms with Crippen molar-refractivity contribution in [1.82, 2.24) is 0 Å². The van der Waals surface area contributed by atoms with Crippen molar-refractivity contribution in [2.45, 2.75) is 6.10 Å². The Morgan fingerprint density at radius 3 is 2.42 bits per heavy atom. The number of halogens is 5. The van der Waals surface area contributed by atoms with Crippen LogP contribution in [0.2, 0.25) is 5.02 Å². The summed E-state index contributed by atoms with van der Waals surface area (Å²) in [5, 5.41) is 9.58. The molecule has 0 aromatic heterocycles. The zero-order valence-electron chi connectivity index (χ0n) is 9.30. The average Bonchev–Trinajstić information content (AvgIpc) is 2.36. The van der Waals surface area contributed by atoms with Gasteiger partial charge in [0.25, 0.3) is 0 Å². The molecule has 0 spiro atoms. The standard InChI is InChI=1S/C13H7BrClF3O/c14-8-3-1-2-6(12(8)18)13(19)7-4-11(17)9(15)5-10(7)16/h1-5,13,19H. The topological polar surface area (TPSA) is 20.2 Å². The summed E-state index contributed by atoms with van der Waals surface area (Å²) in [6.07, 6.45) is -1.62. The summed E-state index contributed by atoms with van der Waals surface area (Å²) in [4.78, 5) is 0. The first-order valence-corrected chi connectivity index (χ1v) is 6.35. The van der Waals surface area contributed by atoms with Gasteiger partial charge >= 0.3 is 0 Å². The Bertz CT molecular complexity index is 634. The second-order valence-electron chi connectivity index (χ2n) is 3.83. The molecule has 1 atom stereocenters. The average molecular weight is 352 g/mol. The molecule has 100 valence electrons. The molecule has 2 aromatic carbocycles. The Labute approximate surface area is 120 Å². The Hall–Kier alpha value is -1.04. The Balaban J connectivity index is 2.53. The lowest BCUT2D eigenvalue weighted by Gasteiger charge is -2.14. The summed E-state index contributed by atoms with van der Waals surface area (Å²) in [5.74, 6) is -2.52. The van der Waals surface area contributed by atoms with E-state index in [1.54, 1.807) is 0 Å². The minimum absolute atomic E-state index is 0.124. The van der Waals surface area contributed by atoms with E-state index in [1.807, 2.05) is 0 Å². The van der Waals surface area contributed by atoms with Gasteiger partial charge in [0.1, 0.15) is 23.6 Å². The molecule has 0 fully saturated rings. The first kappa shape index (κ1) is 14.4. The van der Waals surface area contributed by atoms with Gasteiger partial charge in [-0.3, -0.25) is 0 Å². The van der Waals surface area contributed by atoms with E-state index in [0.29, 0.717) is 0 Å². The van der Waals surface area contributed by atoms with E-state index in [-0.39, 0.29) is 15.6 Å². The highest BCUT2D eigenvalue weighted by Crippen LogP contribution is 2.31. The van der Waals surface area contributed by atoms with Crippen molar-refractivity contribution in [3.8, 4) is 0 Å². The van der Waals surface area contributed by atoms with E-state index < -0.39 is 28.6 Å². The molecule has 1 N–H and O–H groups in total. The van der Waals surface area contributed by atoms with Crippen LogP contribution in [0.15, 0.2) is 34.8 Å². The van der Waals surface area contributed by atoms with E-state index in [2.05, 4.69) is 15.9 Å². The van der Waals surface area contributed by atoms with Gasteiger partial charge in [0.05, 0.1) is 9.50 Å². The summed E-state index contributed by atoms with van der Waals surface area (Å²) in [7, 11) is 0. The largest absolute Gasteiger partial charge is 0.383 e. The second kappa shape index (κ2) is 5.53. The van der Waals surface area contributed by atoms with Crippen LogP contribution >= 0.6 is 27.5 Å². The molecule has 1 unspecified atom stereocenters. The van der Waals surface area contributed by atoms with Crippen molar-refractivity contribution in [2.24, 2.45) is 0 Å². The predicted octanol–water partition coefficient (Wildman–Crippen LogP) is 4.60. The molecule has 0 bridgehead atoms. The lowest BCUT2D eigenvalue weighted by atomic mass is 10.0. The molecular formula is C13H7BrClF3O. The Morgan fingerprint density at radius 2 is 1.74 bits per heavy atom. The number of aliphatic hydroxyl groups is 1. The van der Waals surface area contributed by atoms with Gasteiger partial charge in [-0.15, -0.1) is 0 Å². The third kappa shape index (κ3) is 2.78. The van der Waals surface area contributed by atoms with Gasteiger partial charge in [0, 0.05) is 11.1 Å². The van der Waals surface area contributed by atoms with Crippen LogP contribution in [-0.4, -0.2) is 5.11 Å². The second-order valence-corrected chi connectivity index (χ2v) is 5.09. The summed E-state index contributed by atoms with van der Waals surface area (Å²) >= 11 is 8.37. The van der Waals surface area contributed by atoms with Gasteiger partial charge in [0.2, 0.25) is 0 Å². The highest BCUT2D eigenvalue weighted by molar-refractivity contribution is 9.10. The van der Waals surface area contributed by atoms with Gasteiger partial charge in [-0.05, 0) is 34.1 Å². The third-order valence-electron chi connectivity index (χ3n) is 2.61. The molecule has 0 aliphatic heterocycles. The van der Waals surface area contributed by atoms with Crippen molar-refractivity contribution in [3.63, 3.8) is 0 Å². The highest BCUT2D eigenvalue weighted by atomic mass is 79.9. The maximum Gasteiger partial charge on any atom is 0.143 e. The van der Waals surface area contributed by atoms with Gasteiger partial charge < -0.3 is 5.11 Å². The molecule has 0 aliphatic rings. The Kier molecular flexibility index (Phi) is 4.18. The molecule has 0 aliphatic carbocycles. The van der Waals surface area contributed by atoms with Crippen LogP contribution in [0.4, 0.5) is 13.2 Å². The summed E-state index contributed by atoms with van der Waals surface area (Å²) in [6, 6.07) is 5.70. The molecule has 6 heteroatoms. The van der Waals surface area contributed by atoms with Crippen LogP contribution in [0.3, 0.4) is 0 Å². The van der Waals surface area contributed by atoms with Crippen molar-refractivity contribution < 1.29 is 18.3 Å². The van der Waals surface area contributed by atoms with Gasteiger partial charge in [-0.2, -0.15) is 0 Å². The number of rotatable bonds is 2. The van der Waals surface area contributed by atoms with Gasteiger partial charge in [-0.1, -0.05) is 23.7 Å². The smallest absolute Gasteiger partial charge is 0.143 e. The first-order chi connectivity index (χ1) is 8.91. The fraction of sp³-hybridized carbons (Fsp3) is 0.0769. The lowest BCUT2D eigenvalue weighted by molar-refractivity contribution is 0.209. The number of hydrogen-bond acceptors (Lipinski definition) is 1. The monoisotopic (exact) mass is 350 g/mol. The Morgan fingerprint density at radius 1 is 1.05 bits per heavy atom. The quantitative estimate of drug-likeness (QED) is 0.784. The highest BCUT2D eigenvalue weighted by Gasteiger charge is 2.21. The van der Waals surface area contributed by atoms with Crippen molar-refractivity contribution in [1.29, 1.82) is 0 Å². The molecule has 0 radical (unpaired) electrons. The van der Waals surface area contributed by atoms with Crippen molar-refractivity contribution in [3.05, 3.63) is 68.4 Å². The van der Waals surface area contributed by atoms with E-state index in [9.17, 15) is 18.3 Å². The van der Waals surface area contributed by atoms with Crippen molar-refractivity contribution in [2.75, 3.05) is 0 Å². The zero-order valence-corrected chi connectivity index (χ0v) is 11.6. The molecule has 19 heavy (non-hydrogen) atoms. The summed E-state index contributed by atoms with van der Waals surface area (Å²) in [5.41, 5.74) is -0.533. The zero-order chi connectivity index (χ0) is 14.2. The molecular weight excluding hydrogens is 344 g/mol. The van der Waals surface area contributed by atoms with E-state index in [0.717, 1.165) is 12.1 Å². The van der Waals surface area contributed by atoms with Crippen LogP contribution < -0.4 is 0 Å². The van der Waals surface area contributed by atoms with Gasteiger partial charge in [-0.25, -0.2) is 13.2 Å². The van der Waals surface area contributed by atoms with E-state index in [1.165, 1.54) is 18.2 Å². The maximum absolute atomic E-state index is 13.8. The number of hydrogen-bond donors (Lipinski definition) is 1. The van der Waals surface area contributed by atoms with E-state index >= 15 is 0 Å². The number of aliphatic hydroxyl groups excluding tert-OH is 1. The van der Waals surface area contributed by atoms with Crippen LogP contribution in [0.5, 0.6) is 0 Å².